The van der Waals surface area contributed by atoms with Crippen molar-refractivity contribution in [3.8, 4) is 5.75 Å². The summed E-state index contributed by atoms with van der Waals surface area (Å²) < 4.78 is 5.15. The van der Waals surface area contributed by atoms with Crippen molar-refractivity contribution in [3.05, 3.63) is 58.1 Å². The smallest absolute Gasteiger partial charge is 0.193 e. The molecule has 3 N–H and O–H groups in total. The van der Waals surface area contributed by atoms with Gasteiger partial charge in [0.1, 0.15) is 5.75 Å². The molecule has 0 saturated carbocycles. The lowest BCUT2D eigenvalue weighted by atomic mass is 10.1. The molecular formula is C16H17Cl2N3O. The molecule has 2 aromatic carbocycles. The number of ether oxygens (including phenoxy) is 1. The lowest BCUT2D eigenvalue weighted by Gasteiger charge is -2.08. The molecule has 0 unspecified atom stereocenters. The summed E-state index contributed by atoms with van der Waals surface area (Å²) in [4.78, 5) is 4.28. The van der Waals surface area contributed by atoms with Crippen LogP contribution in [0.25, 0.3) is 0 Å². The van der Waals surface area contributed by atoms with E-state index in [1.54, 1.807) is 7.11 Å². The molecule has 2 aromatic rings. The van der Waals surface area contributed by atoms with Crippen molar-refractivity contribution in [2.75, 3.05) is 19.0 Å². The van der Waals surface area contributed by atoms with Gasteiger partial charge in [-0.2, -0.15) is 0 Å². The summed E-state index contributed by atoms with van der Waals surface area (Å²) in [5.41, 5.74) is 7.56. The van der Waals surface area contributed by atoms with Crippen LogP contribution in [0.5, 0.6) is 5.75 Å². The second kappa shape index (κ2) is 7.92. The summed E-state index contributed by atoms with van der Waals surface area (Å²) in [6, 6.07) is 12.9. The zero-order valence-corrected chi connectivity index (χ0v) is 13.7. The van der Waals surface area contributed by atoms with Crippen LogP contribution in [0.3, 0.4) is 0 Å². The molecular weight excluding hydrogens is 321 g/mol. The molecule has 0 fully saturated rings. The largest absolute Gasteiger partial charge is 0.497 e. The highest BCUT2D eigenvalue weighted by Gasteiger charge is 2.04. The number of aliphatic imine (C=N–C) groups is 1. The molecule has 0 aliphatic rings. The van der Waals surface area contributed by atoms with Crippen LogP contribution in [-0.4, -0.2) is 19.6 Å². The van der Waals surface area contributed by atoms with Crippen molar-refractivity contribution in [2.45, 2.75) is 6.42 Å². The number of rotatable bonds is 5. The maximum Gasteiger partial charge on any atom is 0.193 e. The number of nitrogens with zero attached hydrogens (tertiary/aromatic N) is 1. The molecule has 0 spiro atoms. The highest BCUT2D eigenvalue weighted by molar-refractivity contribution is 6.35. The van der Waals surface area contributed by atoms with Crippen LogP contribution in [-0.2, 0) is 6.42 Å². The van der Waals surface area contributed by atoms with Gasteiger partial charge in [-0.1, -0.05) is 35.3 Å². The normalized spacial score (nSPS) is 11.3. The Balaban J connectivity index is 1.95. The molecule has 0 saturated heterocycles. The van der Waals surface area contributed by atoms with E-state index in [1.165, 1.54) is 0 Å². The SMILES string of the molecule is COc1cccc(NC(N)=NCCc2c(Cl)cccc2Cl)c1. The first-order valence-electron chi connectivity index (χ1n) is 6.74. The fourth-order valence-electron chi connectivity index (χ4n) is 1.95. The highest BCUT2D eigenvalue weighted by Crippen LogP contribution is 2.24. The van der Waals surface area contributed by atoms with Crippen LogP contribution in [0.15, 0.2) is 47.5 Å². The lowest BCUT2D eigenvalue weighted by molar-refractivity contribution is 0.415. The fraction of sp³-hybridized carbons (Fsp3) is 0.188. The monoisotopic (exact) mass is 337 g/mol. The first-order valence-corrected chi connectivity index (χ1v) is 7.49. The zero-order valence-electron chi connectivity index (χ0n) is 12.1. The molecule has 0 heterocycles. The number of hydrogen-bond donors (Lipinski definition) is 2. The van der Waals surface area contributed by atoms with Crippen molar-refractivity contribution in [3.63, 3.8) is 0 Å². The number of nitrogens with two attached hydrogens (primary N) is 1. The average Bonchev–Trinajstić information content (AvgIpc) is 2.50. The van der Waals surface area contributed by atoms with Crippen LogP contribution in [0.4, 0.5) is 5.69 Å². The van der Waals surface area contributed by atoms with E-state index >= 15 is 0 Å². The standard InChI is InChI=1S/C16H17Cl2N3O/c1-22-12-5-2-4-11(10-12)21-16(19)20-9-8-13-14(17)6-3-7-15(13)18/h2-7,10H,8-9H2,1H3,(H3,19,20,21). The lowest BCUT2D eigenvalue weighted by Crippen LogP contribution is -2.23. The third kappa shape index (κ3) is 4.55. The molecule has 0 amide bonds. The molecule has 0 atom stereocenters. The fourth-order valence-corrected chi connectivity index (χ4v) is 2.53. The quantitative estimate of drug-likeness (QED) is 0.641. The van der Waals surface area contributed by atoms with Gasteiger partial charge in [0.05, 0.1) is 7.11 Å². The number of benzene rings is 2. The van der Waals surface area contributed by atoms with Crippen LogP contribution in [0.2, 0.25) is 10.0 Å². The second-order valence-corrected chi connectivity index (χ2v) is 5.39. The summed E-state index contributed by atoms with van der Waals surface area (Å²) in [6.45, 7) is 0.492. The first-order chi connectivity index (χ1) is 10.6. The predicted molar refractivity (Wildman–Crippen MR) is 93.3 cm³/mol. The van der Waals surface area contributed by atoms with Gasteiger partial charge in [-0.25, -0.2) is 0 Å². The van der Waals surface area contributed by atoms with E-state index in [2.05, 4.69) is 10.3 Å². The van der Waals surface area contributed by atoms with E-state index in [4.69, 9.17) is 33.7 Å². The van der Waals surface area contributed by atoms with Crippen molar-refractivity contribution in [2.24, 2.45) is 10.7 Å². The first kappa shape index (κ1) is 16.5. The predicted octanol–water partition coefficient (Wildman–Crippen LogP) is 3.97. The summed E-state index contributed by atoms with van der Waals surface area (Å²) in [7, 11) is 1.61. The minimum absolute atomic E-state index is 0.330. The minimum atomic E-state index is 0.330. The van der Waals surface area contributed by atoms with E-state index in [0.717, 1.165) is 17.0 Å². The summed E-state index contributed by atoms with van der Waals surface area (Å²) in [5.74, 6) is 1.08. The van der Waals surface area contributed by atoms with E-state index in [9.17, 15) is 0 Å². The Morgan fingerprint density at radius 2 is 1.86 bits per heavy atom. The van der Waals surface area contributed by atoms with Gasteiger partial charge in [0.2, 0.25) is 0 Å². The van der Waals surface area contributed by atoms with Crippen molar-refractivity contribution in [1.29, 1.82) is 0 Å². The van der Waals surface area contributed by atoms with Gasteiger partial charge < -0.3 is 15.8 Å². The third-order valence-electron chi connectivity index (χ3n) is 3.05. The second-order valence-electron chi connectivity index (χ2n) is 4.57. The zero-order chi connectivity index (χ0) is 15.9. The molecule has 0 bridgehead atoms. The van der Waals surface area contributed by atoms with Gasteiger partial charge in [-0.15, -0.1) is 0 Å². The van der Waals surface area contributed by atoms with E-state index in [1.807, 2.05) is 42.5 Å². The van der Waals surface area contributed by atoms with Gasteiger partial charge in [0.25, 0.3) is 0 Å². The Hall–Kier alpha value is -1.91. The Kier molecular flexibility index (Phi) is 5.92. The Morgan fingerprint density at radius 3 is 2.55 bits per heavy atom. The Labute approximate surface area is 139 Å². The summed E-state index contributed by atoms with van der Waals surface area (Å²) in [6.07, 6.45) is 0.624. The highest BCUT2D eigenvalue weighted by atomic mass is 35.5. The molecule has 6 heteroatoms. The van der Waals surface area contributed by atoms with Gasteiger partial charge in [0.15, 0.2) is 5.96 Å². The van der Waals surface area contributed by atoms with Crippen LogP contribution in [0, 0.1) is 0 Å². The molecule has 2 rings (SSSR count). The molecule has 4 nitrogen and oxygen atoms in total. The molecule has 0 aromatic heterocycles. The van der Waals surface area contributed by atoms with Gasteiger partial charge in [-0.05, 0) is 36.2 Å². The van der Waals surface area contributed by atoms with Crippen LogP contribution >= 0.6 is 23.2 Å². The molecule has 116 valence electrons. The number of hydrogen-bond acceptors (Lipinski definition) is 2. The van der Waals surface area contributed by atoms with Gasteiger partial charge in [0, 0.05) is 28.3 Å². The number of guanidine groups is 1. The topological polar surface area (TPSA) is 59.6 Å². The third-order valence-corrected chi connectivity index (χ3v) is 3.76. The molecule has 0 radical (unpaired) electrons. The minimum Gasteiger partial charge on any atom is -0.497 e. The van der Waals surface area contributed by atoms with Crippen LogP contribution < -0.4 is 15.8 Å². The van der Waals surface area contributed by atoms with Crippen LogP contribution in [0.1, 0.15) is 5.56 Å². The van der Waals surface area contributed by atoms with Crippen molar-refractivity contribution in [1.82, 2.24) is 0 Å². The Bertz CT molecular complexity index is 654. The molecule has 22 heavy (non-hydrogen) atoms. The van der Waals surface area contributed by atoms with Gasteiger partial charge >= 0.3 is 0 Å². The summed E-state index contributed by atoms with van der Waals surface area (Å²) in [5, 5.41) is 4.30. The van der Waals surface area contributed by atoms with Crippen molar-refractivity contribution < 1.29 is 4.74 Å². The van der Waals surface area contributed by atoms with E-state index < -0.39 is 0 Å². The number of nitrogens with one attached hydrogen (secondary N) is 1. The van der Waals surface area contributed by atoms with E-state index in [0.29, 0.717) is 29.0 Å². The maximum absolute atomic E-state index is 6.11. The number of methoxy groups -OCH3 is 1. The maximum atomic E-state index is 6.11. The number of halogens is 2. The molecule has 0 aliphatic carbocycles. The summed E-state index contributed by atoms with van der Waals surface area (Å²) >= 11 is 12.2. The average molecular weight is 338 g/mol. The Morgan fingerprint density at radius 1 is 1.18 bits per heavy atom. The van der Waals surface area contributed by atoms with Gasteiger partial charge in [-0.3, -0.25) is 4.99 Å². The van der Waals surface area contributed by atoms with Crippen molar-refractivity contribution >= 4 is 34.8 Å². The molecule has 0 aliphatic heterocycles. The number of anilines is 1. The van der Waals surface area contributed by atoms with E-state index in [-0.39, 0.29) is 0 Å².